The fraction of sp³-hybridized carbons (Fsp3) is 0.500. The smallest absolute Gasteiger partial charge is 0.390 e. The van der Waals surface area contributed by atoms with Gasteiger partial charge in [0, 0.05) is 12.7 Å². The summed E-state index contributed by atoms with van der Waals surface area (Å²) in [5.74, 6) is 0.297. The summed E-state index contributed by atoms with van der Waals surface area (Å²) in [6.07, 6.45) is -7.03. The van der Waals surface area contributed by atoms with E-state index in [-0.39, 0.29) is 22.7 Å². The first-order chi connectivity index (χ1) is 9.62. The Labute approximate surface area is 125 Å². The first-order valence-corrected chi connectivity index (χ1v) is 7.28. The third kappa shape index (κ3) is 5.33. The Balaban J connectivity index is 2.82. The predicted octanol–water partition coefficient (Wildman–Crippen LogP) is 3.08. The molecule has 0 fully saturated rings. The number of hydrogen-bond acceptors (Lipinski definition) is 4. The summed E-state index contributed by atoms with van der Waals surface area (Å²) in [6.45, 7) is 2.71. The summed E-state index contributed by atoms with van der Waals surface area (Å²) in [5.41, 5.74) is -0.766. The van der Waals surface area contributed by atoms with Crippen LogP contribution < -0.4 is 0 Å². The highest BCUT2D eigenvalue weighted by Crippen LogP contribution is 2.34. The van der Waals surface area contributed by atoms with Gasteiger partial charge >= 0.3 is 6.18 Å². The van der Waals surface area contributed by atoms with E-state index in [0.29, 0.717) is 5.75 Å². The lowest BCUT2D eigenvalue weighted by atomic mass is 9.97. The van der Waals surface area contributed by atoms with Crippen LogP contribution in [0.1, 0.15) is 36.1 Å². The van der Waals surface area contributed by atoms with Crippen molar-refractivity contribution in [3.05, 3.63) is 34.9 Å². The molecular weight excluding hydrogens is 305 g/mol. The SMILES string of the molecule is CC(=O)SCCC(O)C(O)c1ccc(C)c(C(F)(F)F)c1. The molecule has 0 aliphatic rings. The largest absolute Gasteiger partial charge is 0.416 e. The zero-order chi connectivity index (χ0) is 16.2. The molecule has 2 N–H and O–H groups in total. The van der Waals surface area contributed by atoms with Crippen molar-refractivity contribution in [1.82, 2.24) is 0 Å². The molecule has 0 heterocycles. The van der Waals surface area contributed by atoms with Crippen LogP contribution in [0.4, 0.5) is 13.2 Å². The topological polar surface area (TPSA) is 57.5 Å². The third-order valence-corrected chi connectivity index (χ3v) is 3.84. The number of aliphatic hydroxyl groups is 2. The van der Waals surface area contributed by atoms with Gasteiger partial charge < -0.3 is 10.2 Å². The number of halogens is 3. The van der Waals surface area contributed by atoms with E-state index >= 15 is 0 Å². The molecule has 2 unspecified atom stereocenters. The standard InChI is InChI=1S/C14H17F3O3S/c1-8-3-4-10(7-11(8)14(15,16)17)13(20)12(19)5-6-21-9(2)18/h3-4,7,12-13,19-20H,5-6H2,1-2H3. The Hall–Kier alpha value is -1.05. The van der Waals surface area contributed by atoms with Gasteiger partial charge in [-0.1, -0.05) is 23.9 Å². The van der Waals surface area contributed by atoms with Gasteiger partial charge in [0.05, 0.1) is 11.7 Å². The molecule has 0 amide bonds. The van der Waals surface area contributed by atoms with Gasteiger partial charge in [-0.2, -0.15) is 13.2 Å². The second kappa shape index (κ2) is 7.29. The minimum absolute atomic E-state index is 0.00764. The van der Waals surface area contributed by atoms with Gasteiger partial charge in [0.2, 0.25) is 0 Å². The minimum Gasteiger partial charge on any atom is -0.390 e. The van der Waals surface area contributed by atoms with Crippen molar-refractivity contribution < 1.29 is 28.2 Å². The molecule has 1 rings (SSSR count). The molecule has 118 valence electrons. The molecule has 0 aliphatic carbocycles. The van der Waals surface area contributed by atoms with Gasteiger partial charge in [0.15, 0.2) is 5.12 Å². The normalized spacial score (nSPS) is 14.8. The monoisotopic (exact) mass is 322 g/mol. The minimum atomic E-state index is -4.50. The molecule has 0 radical (unpaired) electrons. The quantitative estimate of drug-likeness (QED) is 0.875. The van der Waals surface area contributed by atoms with E-state index in [1.165, 1.54) is 26.0 Å². The van der Waals surface area contributed by atoms with Gasteiger partial charge in [0.25, 0.3) is 0 Å². The fourth-order valence-electron chi connectivity index (χ4n) is 1.83. The molecule has 0 spiro atoms. The van der Waals surface area contributed by atoms with Crippen LogP contribution in [0, 0.1) is 6.92 Å². The Morgan fingerprint density at radius 1 is 1.33 bits per heavy atom. The summed E-state index contributed by atoms with van der Waals surface area (Å²) < 4.78 is 38.4. The zero-order valence-corrected chi connectivity index (χ0v) is 12.5. The zero-order valence-electron chi connectivity index (χ0n) is 11.6. The Morgan fingerprint density at radius 3 is 2.48 bits per heavy atom. The Bertz CT molecular complexity index is 503. The molecule has 0 saturated carbocycles. The Morgan fingerprint density at radius 2 is 1.95 bits per heavy atom. The summed E-state index contributed by atoms with van der Waals surface area (Å²) in [7, 11) is 0. The van der Waals surface area contributed by atoms with E-state index in [1.54, 1.807) is 0 Å². The number of carbonyl (C=O) groups excluding carboxylic acids is 1. The average Bonchev–Trinajstić information content (AvgIpc) is 2.36. The molecule has 0 saturated heterocycles. The molecular formula is C14H17F3O3S. The highest BCUT2D eigenvalue weighted by molar-refractivity contribution is 8.13. The van der Waals surface area contributed by atoms with Gasteiger partial charge in [-0.05, 0) is 30.5 Å². The second-order valence-electron chi connectivity index (χ2n) is 4.71. The summed E-state index contributed by atoms with van der Waals surface area (Å²) in [4.78, 5) is 10.8. The maximum absolute atomic E-state index is 12.8. The van der Waals surface area contributed by atoms with Gasteiger partial charge in [-0.25, -0.2) is 0 Å². The number of rotatable bonds is 5. The second-order valence-corrected chi connectivity index (χ2v) is 5.98. The molecule has 2 atom stereocenters. The van der Waals surface area contributed by atoms with Crippen LogP contribution in [0.15, 0.2) is 18.2 Å². The van der Waals surface area contributed by atoms with Crippen LogP contribution in [0.2, 0.25) is 0 Å². The van der Waals surface area contributed by atoms with Crippen LogP contribution in [-0.2, 0) is 11.0 Å². The van der Waals surface area contributed by atoms with E-state index in [1.807, 2.05) is 0 Å². The van der Waals surface area contributed by atoms with E-state index < -0.39 is 23.9 Å². The molecule has 0 bridgehead atoms. The van der Waals surface area contributed by atoms with Crippen LogP contribution >= 0.6 is 11.8 Å². The van der Waals surface area contributed by atoms with Crippen LogP contribution in [0.5, 0.6) is 0 Å². The van der Waals surface area contributed by atoms with Crippen LogP contribution in [0.3, 0.4) is 0 Å². The number of hydrogen-bond donors (Lipinski definition) is 2. The number of thioether (sulfide) groups is 1. The molecule has 1 aromatic carbocycles. The summed E-state index contributed by atoms with van der Waals surface area (Å²) in [6, 6.07) is 3.47. The van der Waals surface area contributed by atoms with Crippen molar-refractivity contribution in [1.29, 1.82) is 0 Å². The molecule has 7 heteroatoms. The third-order valence-electron chi connectivity index (χ3n) is 2.99. The summed E-state index contributed by atoms with van der Waals surface area (Å²) in [5, 5.41) is 19.6. The lowest BCUT2D eigenvalue weighted by molar-refractivity contribution is -0.138. The van der Waals surface area contributed by atoms with Crippen molar-refractivity contribution in [2.45, 2.75) is 38.7 Å². The first kappa shape index (κ1) is 18.0. The van der Waals surface area contributed by atoms with Crippen molar-refractivity contribution >= 4 is 16.9 Å². The number of benzene rings is 1. The molecule has 1 aromatic rings. The van der Waals surface area contributed by atoms with Crippen LogP contribution in [0.25, 0.3) is 0 Å². The van der Waals surface area contributed by atoms with E-state index in [9.17, 15) is 28.2 Å². The van der Waals surface area contributed by atoms with E-state index in [2.05, 4.69) is 0 Å². The average molecular weight is 322 g/mol. The van der Waals surface area contributed by atoms with Crippen molar-refractivity contribution in [3.8, 4) is 0 Å². The lowest BCUT2D eigenvalue weighted by Crippen LogP contribution is -2.20. The number of aryl methyl sites for hydroxylation is 1. The van der Waals surface area contributed by atoms with Gasteiger partial charge in [0.1, 0.15) is 6.10 Å². The van der Waals surface area contributed by atoms with Crippen LogP contribution in [-0.4, -0.2) is 27.2 Å². The first-order valence-electron chi connectivity index (χ1n) is 6.30. The molecule has 3 nitrogen and oxygen atoms in total. The van der Waals surface area contributed by atoms with Gasteiger partial charge in [-0.15, -0.1) is 0 Å². The lowest BCUT2D eigenvalue weighted by Gasteiger charge is -2.20. The fourth-order valence-corrected chi connectivity index (χ4v) is 2.48. The van der Waals surface area contributed by atoms with E-state index in [0.717, 1.165) is 17.8 Å². The highest BCUT2D eigenvalue weighted by atomic mass is 32.2. The number of carbonyl (C=O) groups is 1. The maximum Gasteiger partial charge on any atom is 0.416 e. The van der Waals surface area contributed by atoms with Crippen molar-refractivity contribution in [2.75, 3.05) is 5.75 Å². The van der Waals surface area contributed by atoms with Gasteiger partial charge in [-0.3, -0.25) is 4.79 Å². The Kier molecular flexibility index (Phi) is 6.24. The molecule has 0 aromatic heterocycles. The molecule has 0 aliphatic heterocycles. The predicted molar refractivity (Wildman–Crippen MR) is 74.9 cm³/mol. The van der Waals surface area contributed by atoms with E-state index in [4.69, 9.17) is 0 Å². The van der Waals surface area contributed by atoms with Crippen molar-refractivity contribution in [2.24, 2.45) is 0 Å². The summed E-state index contributed by atoms with van der Waals surface area (Å²) >= 11 is 0.992. The van der Waals surface area contributed by atoms with Crippen molar-refractivity contribution in [3.63, 3.8) is 0 Å². The number of aliphatic hydroxyl groups excluding tert-OH is 2. The highest BCUT2D eigenvalue weighted by Gasteiger charge is 2.33. The number of alkyl halides is 3. The maximum atomic E-state index is 12.8. The molecule has 21 heavy (non-hydrogen) atoms.